The third kappa shape index (κ3) is 2.78. The SMILES string of the molecule is CC(C)c1nc(-c2ccc(F)c(Cl)c2)nc2c1CCNC2. The van der Waals surface area contributed by atoms with Gasteiger partial charge in [-0.15, -0.1) is 0 Å². The largest absolute Gasteiger partial charge is 0.311 e. The van der Waals surface area contributed by atoms with E-state index in [2.05, 4.69) is 24.1 Å². The molecule has 2 aromatic rings. The summed E-state index contributed by atoms with van der Waals surface area (Å²) in [5.41, 5.74) is 4.12. The Morgan fingerprint density at radius 3 is 2.81 bits per heavy atom. The first kappa shape index (κ1) is 14.4. The van der Waals surface area contributed by atoms with E-state index >= 15 is 0 Å². The highest BCUT2D eigenvalue weighted by Gasteiger charge is 2.20. The predicted molar refractivity (Wildman–Crippen MR) is 81.9 cm³/mol. The van der Waals surface area contributed by atoms with Crippen molar-refractivity contribution < 1.29 is 4.39 Å². The molecule has 1 aromatic heterocycles. The Labute approximate surface area is 128 Å². The normalized spacial score (nSPS) is 14.3. The van der Waals surface area contributed by atoms with Gasteiger partial charge in [-0.2, -0.15) is 0 Å². The van der Waals surface area contributed by atoms with Gasteiger partial charge in [0.1, 0.15) is 5.82 Å². The van der Waals surface area contributed by atoms with Crippen LogP contribution in [0, 0.1) is 5.82 Å². The third-order valence-corrected chi connectivity index (χ3v) is 3.98. The maximum absolute atomic E-state index is 13.3. The maximum Gasteiger partial charge on any atom is 0.159 e. The van der Waals surface area contributed by atoms with Crippen LogP contribution in [0.2, 0.25) is 5.02 Å². The van der Waals surface area contributed by atoms with Gasteiger partial charge >= 0.3 is 0 Å². The first-order chi connectivity index (χ1) is 10.1. The van der Waals surface area contributed by atoms with Crippen LogP contribution in [-0.4, -0.2) is 16.5 Å². The molecule has 1 aromatic carbocycles. The number of hydrogen-bond acceptors (Lipinski definition) is 3. The van der Waals surface area contributed by atoms with E-state index < -0.39 is 5.82 Å². The molecule has 0 unspecified atom stereocenters. The molecular weight excluding hydrogens is 289 g/mol. The van der Waals surface area contributed by atoms with Gasteiger partial charge < -0.3 is 5.32 Å². The Balaban J connectivity index is 2.14. The number of hydrogen-bond donors (Lipinski definition) is 1. The zero-order chi connectivity index (χ0) is 15.0. The molecule has 0 fully saturated rings. The zero-order valence-corrected chi connectivity index (χ0v) is 12.8. The van der Waals surface area contributed by atoms with Gasteiger partial charge in [-0.1, -0.05) is 25.4 Å². The lowest BCUT2D eigenvalue weighted by molar-refractivity contribution is 0.609. The number of halogens is 2. The predicted octanol–water partition coefficient (Wildman–Crippen LogP) is 3.71. The van der Waals surface area contributed by atoms with Gasteiger partial charge in [-0.3, -0.25) is 0 Å². The van der Waals surface area contributed by atoms with E-state index in [0.29, 0.717) is 11.7 Å². The van der Waals surface area contributed by atoms with Crippen molar-refractivity contribution in [1.82, 2.24) is 15.3 Å². The van der Waals surface area contributed by atoms with Crippen LogP contribution < -0.4 is 5.32 Å². The van der Waals surface area contributed by atoms with E-state index in [-0.39, 0.29) is 5.02 Å². The monoisotopic (exact) mass is 305 g/mol. The Morgan fingerprint density at radius 2 is 2.10 bits per heavy atom. The summed E-state index contributed by atoms with van der Waals surface area (Å²) in [6.45, 7) is 5.97. The smallest absolute Gasteiger partial charge is 0.159 e. The first-order valence-corrected chi connectivity index (χ1v) is 7.50. The summed E-state index contributed by atoms with van der Waals surface area (Å²) in [6.07, 6.45) is 0.952. The molecule has 3 nitrogen and oxygen atoms in total. The molecule has 21 heavy (non-hydrogen) atoms. The first-order valence-electron chi connectivity index (χ1n) is 7.12. The molecular formula is C16H17ClFN3. The molecule has 110 valence electrons. The summed E-state index contributed by atoms with van der Waals surface area (Å²) >= 11 is 5.87. The van der Waals surface area contributed by atoms with Crippen LogP contribution in [0.3, 0.4) is 0 Å². The quantitative estimate of drug-likeness (QED) is 0.919. The molecule has 5 heteroatoms. The lowest BCUT2D eigenvalue weighted by Crippen LogP contribution is -2.27. The lowest BCUT2D eigenvalue weighted by Gasteiger charge is -2.21. The van der Waals surface area contributed by atoms with Gasteiger partial charge in [0.25, 0.3) is 0 Å². The van der Waals surface area contributed by atoms with Crippen molar-refractivity contribution in [3.63, 3.8) is 0 Å². The Hall–Kier alpha value is -1.52. The van der Waals surface area contributed by atoms with E-state index in [0.717, 1.165) is 36.5 Å². The molecule has 0 aliphatic carbocycles. The van der Waals surface area contributed by atoms with Crippen molar-refractivity contribution in [3.05, 3.63) is 46.0 Å². The van der Waals surface area contributed by atoms with Crippen molar-refractivity contribution in [2.45, 2.75) is 32.7 Å². The van der Waals surface area contributed by atoms with Crippen molar-refractivity contribution in [2.75, 3.05) is 6.54 Å². The van der Waals surface area contributed by atoms with E-state index in [1.807, 2.05) is 0 Å². The van der Waals surface area contributed by atoms with Crippen LogP contribution in [0.1, 0.15) is 36.7 Å². The van der Waals surface area contributed by atoms with E-state index in [9.17, 15) is 4.39 Å². The van der Waals surface area contributed by atoms with Crippen LogP contribution in [0.4, 0.5) is 4.39 Å². The molecule has 0 saturated carbocycles. The minimum Gasteiger partial charge on any atom is -0.311 e. The molecule has 0 amide bonds. The fraction of sp³-hybridized carbons (Fsp3) is 0.375. The van der Waals surface area contributed by atoms with Crippen LogP contribution in [0.25, 0.3) is 11.4 Å². The number of benzene rings is 1. The summed E-state index contributed by atoms with van der Waals surface area (Å²) in [6, 6.07) is 4.61. The van der Waals surface area contributed by atoms with Gasteiger partial charge in [0.2, 0.25) is 0 Å². The Kier molecular flexibility index (Phi) is 3.91. The molecule has 0 saturated heterocycles. The Morgan fingerprint density at radius 1 is 1.29 bits per heavy atom. The number of aromatic nitrogens is 2. The summed E-state index contributed by atoms with van der Waals surface area (Å²) in [7, 11) is 0. The number of fused-ring (bicyclic) bond motifs is 1. The summed E-state index contributed by atoms with van der Waals surface area (Å²) in [5.74, 6) is 0.515. The highest BCUT2D eigenvalue weighted by Crippen LogP contribution is 2.28. The second kappa shape index (κ2) is 5.70. The number of rotatable bonds is 2. The molecule has 1 aliphatic rings. The van der Waals surface area contributed by atoms with Crippen molar-refractivity contribution in [3.8, 4) is 11.4 Å². The van der Waals surface area contributed by atoms with Gasteiger partial charge in [0, 0.05) is 12.1 Å². The highest BCUT2D eigenvalue weighted by molar-refractivity contribution is 6.31. The minimum atomic E-state index is -0.427. The van der Waals surface area contributed by atoms with E-state index in [4.69, 9.17) is 16.6 Å². The number of nitrogens with zero attached hydrogens (tertiary/aromatic N) is 2. The van der Waals surface area contributed by atoms with E-state index in [1.165, 1.54) is 11.6 Å². The lowest BCUT2D eigenvalue weighted by atomic mass is 9.97. The average molecular weight is 306 g/mol. The van der Waals surface area contributed by atoms with Crippen molar-refractivity contribution in [1.29, 1.82) is 0 Å². The second-order valence-corrected chi connectivity index (χ2v) is 5.98. The van der Waals surface area contributed by atoms with Crippen LogP contribution in [0.5, 0.6) is 0 Å². The maximum atomic E-state index is 13.3. The molecule has 3 rings (SSSR count). The van der Waals surface area contributed by atoms with Crippen LogP contribution in [-0.2, 0) is 13.0 Å². The Bertz CT molecular complexity index is 685. The summed E-state index contributed by atoms with van der Waals surface area (Å²) < 4.78 is 13.3. The molecule has 1 aliphatic heterocycles. The minimum absolute atomic E-state index is 0.0954. The summed E-state index contributed by atoms with van der Waals surface area (Å²) in [4.78, 5) is 9.35. The number of nitrogens with one attached hydrogen (secondary N) is 1. The highest BCUT2D eigenvalue weighted by atomic mass is 35.5. The molecule has 2 heterocycles. The van der Waals surface area contributed by atoms with Gasteiger partial charge in [-0.25, -0.2) is 14.4 Å². The molecule has 0 radical (unpaired) electrons. The van der Waals surface area contributed by atoms with Crippen LogP contribution >= 0.6 is 11.6 Å². The van der Waals surface area contributed by atoms with Gasteiger partial charge in [0.05, 0.1) is 16.4 Å². The fourth-order valence-electron chi connectivity index (χ4n) is 2.63. The summed E-state index contributed by atoms with van der Waals surface area (Å²) in [5, 5.41) is 3.43. The van der Waals surface area contributed by atoms with Crippen molar-refractivity contribution >= 4 is 11.6 Å². The third-order valence-electron chi connectivity index (χ3n) is 3.69. The standard InChI is InChI=1S/C16H17ClFN3/c1-9(2)15-11-5-6-19-8-14(11)20-16(21-15)10-3-4-13(18)12(17)7-10/h3-4,7,9,19H,5-6,8H2,1-2H3. The van der Waals surface area contributed by atoms with Gasteiger partial charge in [0.15, 0.2) is 5.82 Å². The zero-order valence-electron chi connectivity index (χ0n) is 12.1. The molecule has 0 bridgehead atoms. The average Bonchev–Trinajstić information content (AvgIpc) is 2.48. The molecule has 1 N–H and O–H groups in total. The van der Waals surface area contributed by atoms with Crippen molar-refractivity contribution in [2.24, 2.45) is 0 Å². The van der Waals surface area contributed by atoms with Gasteiger partial charge in [-0.05, 0) is 42.6 Å². The second-order valence-electron chi connectivity index (χ2n) is 5.57. The van der Waals surface area contributed by atoms with E-state index in [1.54, 1.807) is 12.1 Å². The molecule has 0 spiro atoms. The molecule has 0 atom stereocenters. The fourth-order valence-corrected chi connectivity index (χ4v) is 2.81. The topological polar surface area (TPSA) is 37.8 Å². The van der Waals surface area contributed by atoms with Crippen LogP contribution in [0.15, 0.2) is 18.2 Å².